The minimum absolute atomic E-state index is 0.985. The van der Waals surface area contributed by atoms with Crippen LogP contribution in [0.1, 0.15) is 53.4 Å². The highest BCUT2D eigenvalue weighted by Gasteiger charge is 2.21. The third-order valence-corrected chi connectivity index (χ3v) is 10.6. The van der Waals surface area contributed by atoms with E-state index in [0.717, 1.165) is 36.9 Å². The van der Waals surface area contributed by atoms with E-state index < -0.39 is 0 Å². The smallest absolute Gasteiger partial charge is 0.0948 e. The molecule has 0 aliphatic heterocycles. The van der Waals surface area contributed by atoms with Crippen LogP contribution >= 0.6 is 0 Å². The molecule has 3 nitrogen and oxygen atoms in total. The lowest BCUT2D eigenvalue weighted by molar-refractivity contribution is 0.884. The van der Waals surface area contributed by atoms with Gasteiger partial charge in [0.25, 0.3) is 0 Å². The highest BCUT2D eigenvalue weighted by molar-refractivity contribution is 6.15. The predicted octanol–water partition coefficient (Wildman–Crippen LogP) is 14.5. The number of nitrogens with zero attached hydrogens (tertiary/aromatic N) is 3. The quantitative estimate of drug-likeness (QED) is 0.175. The first-order valence-electron chi connectivity index (χ1n) is 19.7. The van der Waals surface area contributed by atoms with Crippen LogP contribution in [0.3, 0.4) is 0 Å². The molecule has 2 aliphatic carbocycles. The molecule has 0 saturated heterocycles. The molecule has 54 heavy (non-hydrogen) atoms. The van der Waals surface area contributed by atoms with Crippen LogP contribution in [-0.2, 0) is 0 Å². The van der Waals surface area contributed by atoms with Gasteiger partial charge in [-0.2, -0.15) is 0 Å². The van der Waals surface area contributed by atoms with Gasteiger partial charge in [0.2, 0.25) is 0 Å². The van der Waals surface area contributed by atoms with Crippen molar-refractivity contribution in [2.45, 2.75) is 53.4 Å². The summed E-state index contributed by atoms with van der Waals surface area (Å²) < 4.78 is 4.87. The van der Waals surface area contributed by atoms with E-state index in [9.17, 15) is 0 Å². The summed E-state index contributed by atoms with van der Waals surface area (Å²) in [7, 11) is 0. The molecule has 5 aromatic carbocycles. The standard InChI is InChI=1S/C47H35N3.2C2H6/c1-4-12-32(13-5-1)33-20-24-38(25-21-33)50-45-27-23-36(31-42(45)40-28-29-48-46(47(40)50)34-14-6-2-7-15-34)35-22-26-44-41(30-35)39-18-10-11-19-43(39)49(44)37-16-8-3-9-17-37;2*1-2/h1-4,6-12,14-20,22-24,26-31H,5,13,21,25H2;2*1-2H3. The Balaban J connectivity index is 0.00000100. The van der Waals surface area contributed by atoms with E-state index in [1.54, 1.807) is 0 Å². The zero-order chi connectivity index (χ0) is 37.0. The molecule has 3 heteroatoms. The van der Waals surface area contributed by atoms with Crippen LogP contribution in [0.15, 0.2) is 175 Å². The first kappa shape index (κ1) is 34.9. The Kier molecular flexibility index (Phi) is 9.96. The van der Waals surface area contributed by atoms with Crippen LogP contribution < -0.4 is 0 Å². The molecule has 0 spiro atoms. The zero-order valence-electron chi connectivity index (χ0n) is 31.8. The summed E-state index contributed by atoms with van der Waals surface area (Å²) in [6.45, 7) is 8.00. The summed E-state index contributed by atoms with van der Waals surface area (Å²) >= 11 is 0. The Morgan fingerprint density at radius 3 is 1.80 bits per heavy atom. The zero-order valence-corrected chi connectivity index (χ0v) is 31.8. The molecular weight excluding hydrogens is 655 g/mol. The lowest BCUT2D eigenvalue weighted by Gasteiger charge is -2.21. The van der Waals surface area contributed by atoms with Crippen molar-refractivity contribution in [3.63, 3.8) is 0 Å². The Morgan fingerprint density at radius 2 is 1.11 bits per heavy atom. The first-order chi connectivity index (χ1) is 26.8. The number of fused-ring (bicyclic) bond motifs is 6. The fraction of sp³-hybridized carbons (Fsp3) is 0.157. The summed E-state index contributed by atoms with van der Waals surface area (Å²) in [4.78, 5) is 5.00. The maximum absolute atomic E-state index is 5.00. The largest absolute Gasteiger partial charge is 0.311 e. The normalized spacial score (nSPS) is 13.9. The van der Waals surface area contributed by atoms with E-state index in [-0.39, 0.29) is 0 Å². The monoisotopic (exact) mass is 701 g/mol. The van der Waals surface area contributed by atoms with Gasteiger partial charge in [-0.15, -0.1) is 0 Å². The molecule has 2 aliphatic rings. The van der Waals surface area contributed by atoms with Crippen LogP contribution in [-0.4, -0.2) is 14.1 Å². The van der Waals surface area contributed by atoms with E-state index in [4.69, 9.17) is 4.98 Å². The lowest BCUT2D eigenvalue weighted by atomic mass is 9.90. The van der Waals surface area contributed by atoms with Gasteiger partial charge >= 0.3 is 0 Å². The maximum Gasteiger partial charge on any atom is 0.0948 e. The highest BCUT2D eigenvalue weighted by Crippen LogP contribution is 2.42. The molecule has 8 aromatic rings. The van der Waals surface area contributed by atoms with Crippen molar-refractivity contribution >= 4 is 49.3 Å². The number of rotatable bonds is 5. The minimum Gasteiger partial charge on any atom is -0.311 e. The summed E-state index contributed by atoms with van der Waals surface area (Å²) in [5, 5.41) is 5.01. The molecule has 0 atom stereocenters. The van der Waals surface area contributed by atoms with Crippen molar-refractivity contribution in [1.82, 2.24) is 14.1 Å². The van der Waals surface area contributed by atoms with Gasteiger partial charge in [-0.1, -0.05) is 131 Å². The molecule has 3 aromatic heterocycles. The summed E-state index contributed by atoms with van der Waals surface area (Å²) in [6.07, 6.45) is 17.7. The number of hydrogen-bond acceptors (Lipinski definition) is 1. The summed E-state index contributed by atoms with van der Waals surface area (Å²) in [5.74, 6) is 0. The Labute approximate surface area is 318 Å². The van der Waals surface area contributed by atoms with Gasteiger partial charge in [-0.05, 0) is 103 Å². The van der Waals surface area contributed by atoms with Gasteiger partial charge in [0.05, 0.1) is 27.8 Å². The number of benzene rings is 5. The third kappa shape index (κ3) is 6.10. The fourth-order valence-electron chi connectivity index (χ4n) is 8.21. The van der Waals surface area contributed by atoms with Crippen molar-refractivity contribution in [2.24, 2.45) is 0 Å². The average Bonchev–Trinajstić information content (AvgIpc) is 3.78. The lowest BCUT2D eigenvalue weighted by Crippen LogP contribution is -2.04. The highest BCUT2D eigenvalue weighted by atomic mass is 15.0. The molecule has 0 amide bonds. The second-order valence-electron chi connectivity index (χ2n) is 13.4. The van der Waals surface area contributed by atoms with Gasteiger partial charge < -0.3 is 9.13 Å². The molecule has 0 bridgehead atoms. The molecular formula is C51H47N3. The number of allylic oxidation sites excluding steroid dienone is 8. The van der Waals surface area contributed by atoms with Crippen molar-refractivity contribution in [2.75, 3.05) is 0 Å². The van der Waals surface area contributed by atoms with Gasteiger partial charge in [0, 0.05) is 44.7 Å². The summed E-state index contributed by atoms with van der Waals surface area (Å²) in [5.41, 5.74) is 14.8. The Hall–Kier alpha value is -6.19. The van der Waals surface area contributed by atoms with Crippen LogP contribution in [0, 0.1) is 0 Å². The van der Waals surface area contributed by atoms with E-state index >= 15 is 0 Å². The summed E-state index contributed by atoms with van der Waals surface area (Å²) in [6, 6.07) is 46.2. The number of para-hydroxylation sites is 2. The molecule has 0 saturated carbocycles. The first-order valence-corrected chi connectivity index (χ1v) is 19.7. The van der Waals surface area contributed by atoms with E-state index in [0.29, 0.717) is 0 Å². The van der Waals surface area contributed by atoms with Crippen LogP contribution in [0.5, 0.6) is 0 Å². The van der Waals surface area contributed by atoms with Crippen LogP contribution in [0.4, 0.5) is 0 Å². The van der Waals surface area contributed by atoms with Gasteiger partial charge in [-0.3, -0.25) is 4.98 Å². The van der Waals surface area contributed by atoms with Crippen molar-refractivity contribution in [3.05, 3.63) is 175 Å². The Bertz CT molecular complexity index is 2730. The molecule has 266 valence electrons. The molecule has 0 fully saturated rings. The van der Waals surface area contributed by atoms with Crippen molar-refractivity contribution in [3.8, 4) is 28.1 Å². The topological polar surface area (TPSA) is 22.8 Å². The molecule has 3 heterocycles. The van der Waals surface area contributed by atoms with E-state index in [2.05, 4.69) is 167 Å². The second kappa shape index (κ2) is 15.4. The maximum atomic E-state index is 5.00. The van der Waals surface area contributed by atoms with Gasteiger partial charge in [-0.25, -0.2) is 0 Å². The fourth-order valence-corrected chi connectivity index (χ4v) is 8.21. The Morgan fingerprint density at radius 1 is 0.481 bits per heavy atom. The average molecular weight is 702 g/mol. The second-order valence-corrected chi connectivity index (χ2v) is 13.4. The number of hydrogen-bond donors (Lipinski definition) is 0. The third-order valence-electron chi connectivity index (χ3n) is 10.6. The van der Waals surface area contributed by atoms with Crippen LogP contribution in [0.25, 0.3) is 77.4 Å². The number of pyridine rings is 1. The molecule has 10 rings (SSSR count). The van der Waals surface area contributed by atoms with Crippen molar-refractivity contribution < 1.29 is 0 Å². The molecule has 0 radical (unpaired) electrons. The minimum atomic E-state index is 0.985. The van der Waals surface area contributed by atoms with Crippen molar-refractivity contribution in [1.29, 1.82) is 0 Å². The van der Waals surface area contributed by atoms with E-state index in [1.165, 1.54) is 77.3 Å². The van der Waals surface area contributed by atoms with E-state index in [1.807, 2.05) is 33.9 Å². The molecule has 0 N–H and O–H groups in total. The van der Waals surface area contributed by atoms with Crippen LogP contribution in [0.2, 0.25) is 0 Å². The number of aromatic nitrogens is 3. The SMILES string of the molecule is C1=CCCC(C2=CC=C(n3c4ccc(-c5ccc6c(c5)c5ccccc5n6-c5ccccc5)cc4c4ccnc(-c5ccccc5)c43)CC2)=C1.CC.CC. The molecule has 0 unspecified atom stereocenters. The predicted molar refractivity (Wildman–Crippen MR) is 233 cm³/mol. The van der Waals surface area contributed by atoms with Gasteiger partial charge in [0.15, 0.2) is 0 Å². The van der Waals surface area contributed by atoms with Gasteiger partial charge in [0.1, 0.15) is 0 Å².